The first-order valence-electron chi connectivity index (χ1n) is 20.7. The molecule has 16 heteroatoms. The molecule has 0 saturated heterocycles. The molecule has 68 heavy (non-hydrogen) atoms. The predicted octanol–water partition coefficient (Wildman–Crippen LogP) is 7.53. The van der Waals surface area contributed by atoms with E-state index < -0.39 is 47.3 Å². The van der Waals surface area contributed by atoms with Gasteiger partial charge in [0.2, 0.25) is 0 Å². The van der Waals surface area contributed by atoms with Crippen LogP contribution in [-0.4, -0.2) is 67.2 Å². The lowest BCUT2D eigenvalue weighted by Gasteiger charge is -2.23. The number of imide groups is 4. The van der Waals surface area contributed by atoms with Gasteiger partial charge in [-0.2, -0.15) is 0 Å². The van der Waals surface area contributed by atoms with Crippen molar-refractivity contribution < 1.29 is 38.4 Å². The Bertz CT molecular complexity index is 2750. The Hall–Kier alpha value is -9.96. The van der Waals surface area contributed by atoms with Crippen molar-refractivity contribution in [1.82, 2.24) is 19.9 Å². The maximum Gasteiger partial charge on any atom is 0.266 e. The fourth-order valence-corrected chi connectivity index (χ4v) is 7.32. The normalized spacial score (nSPS) is 14.0. The molecule has 0 radical (unpaired) electrons. The molecule has 4 aromatic carbocycles. The Morgan fingerprint density at radius 3 is 0.544 bits per heavy atom. The van der Waals surface area contributed by atoms with E-state index in [1.807, 2.05) is 0 Å². The van der Waals surface area contributed by atoms with Crippen molar-refractivity contribution in [2.75, 3.05) is 19.6 Å². The number of hydrogen-bond acceptors (Lipinski definition) is 12. The second-order valence-corrected chi connectivity index (χ2v) is 14.9. The molecule has 0 N–H and O–H groups in total. The lowest BCUT2D eigenvalue weighted by atomic mass is 10.0. The van der Waals surface area contributed by atoms with Gasteiger partial charge in [-0.1, -0.05) is 48.5 Å². The quantitative estimate of drug-likeness (QED) is 0.158. The number of pyridine rings is 4. The van der Waals surface area contributed by atoms with Crippen LogP contribution in [0, 0.1) is 0 Å². The molecule has 16 nitrogen and oxygen atoms in total. The fraction of sp³-hybridized carbons (Fsp3) is 0. The third-order valence-electron chi connectivity index (χ3n) is 10.6. The zero-order valence-electron chi connectivity index (χ0n) is 35.3. The summed E-state index contributed by atoms with van der Waals surface area (Å²) >= 11 is 0. The maximum absolute atomic E-state index is 14.6. The summed E-state index contributed by atoms with van der Waals surface area (Å²) in [6, 6.07) is 39.6. The van der Waals surface area contributed by atoms with Gasteiger partial charge < -0.3 is 0 Å². The molecular weight excluding hydrogens is 865 g/mol. The van der Waals surface area contributed by atoms with Crippen molar-refractivity contribution >= 4 is 70.5 Å². The van der Waals surface area contributed by atoms with Crippen molar-refractivity contribution in [1.29, 1.82) is 0 Å². The number of amides is 8. The van der Waals surface area contributed by atoms with Crippen molar-refractivity contribution in [3.05, 3.63) is 239 Å². The van der Waals surface area contributed by atoms with Gasteiger partial charge in [-0.3, -0.25) is 38.4 Å². The summed E-state index contributed by atoms with van der Waals surface area (Å²) in [5.41, 5.74) is -1.29. The SMILES string of the molecule is O=C1c2cccc(c2)C(=O)N(c2ccccn2)C(=O)c2cccc(c2)C(=O)N(c2ccccn2)C(=O)c2cccc(c2)C(=O)N(c2ccccn2)C(=O)c2cccc(c2)C(=O)N1c1ccccn1. The molecule has 8 aromatic rings. The topological polar surface area (TPSA) is 201 Å². The lowest BCUT2D eigenvalue weighted by molar-refractivity contribution is 0.0880. The monoisotopic (exact) mass is 896 g/mol. The second kappa shape index (κ2) is 18.6. The summed E-state index contributed by atoms with van der Waals surface area (Å²) in [6.07, 6.45) is 5.48. The summed E-state index contributed by atoms with van der Waals surface area (Å²) < 4.78 is 0. The Morgan fingerprint density at radius 2 is 0.397 bits per heavy atom. The van der Waals surface area contributed by atoms with Gasteiger partial charge in [0.05, 0.1) is 0 Å². The summed E-state index contributed by atoms with van der Waals surface area (Å²) in [4.78, 5) is 137. The summed E-state index contributed by atoms with van der Waals surface area (Å²) in [5, 5.41) is 0. The molecule has 328 valence electrons. The second-order valence-electron chi connectivity index (χ2n) is 14.9. The van der Waals surface area contributed by atoms with Gasteiger partial charge in [0.1, 0.15) is 23.3 Å². The molecule has 8 bridgehead atoms. The van der Waals surface area contributed by atoms with E-state index in [-0.39, 0.29) is 67.8 Å². The molecule has 5 heterocycles. The number of carbonyl (C=O) groups excluding carboxylic acids is 8. The first kappa shape index (κ1) is 43.3. The molecule has 1 aliphatic heterocycles. The highest BCUT2D eigenvalue weighted by Gasteiger charge is 2.34. The third-order valence-corrected chi connectivity index (χ3v) is 10.6. The molecule has 4 aromatic heterocycles. The number of anilines is 4. The van der Waals surface area contributed by atoms with E-state index in [0.29, 0.717) is 0 Å². The van der Waals surface area contributed by atoms with Crippen LogP contribution in [0.3, 0.4) is 0 Å². The zero-order valence-corrected chi connectivity index (χ0v) is 35.3. The third kappa shape index (κ3) is 8.41. The summed E-state index contributed by atoms with van der Waals surface area (Å²) in [6.45, 7) is 0. The van der Waals surface area contributed by atoms with Gasteiger partial charge in [0.25, 0.3) is 47.3 Å². The van der Waals surface area contributed by atoms with Gasteiger partial charge in [-0.15, -0.1) is 0 Å². The largest absolute Gasteiger partial charge is 0.268 e. The van der Waals surface area contributed by atoms with Crippen LogP contribution in [0.1, 0.15) is 82.9 Å². The maximum atomic E-state index is 14.6. The molecule has 0 atom stereocenters. The highest BCUT2D eigenvalue weighted by Crippen LogP contribution is 2.26. The van der Waals surface area contributed by atoms with E-state index in [1.54, 1.807) is 48.5 Å². The van der Waals surface area contributed by atoms with Gasteiger partial charge in [-0.25, -0.2) is 39.5 Å². The average molecular weight is 897 g/mol. The minimum absolute atomic E-state index is 0.0987. The molecule has 0 saturated carbocycles. The van der Waals surface area contributed by atoms with Crippen molar-refractivity contribution in [2.24, 2.45) is 0 Å². The highest BCUT2D eigenvalue weighted by molar-refractivity contribution is 6.30. The van der Waals surface area contributed by atoms with Crippen molar-refractivity contribution in [3.63, 3.8) is 0 Å². The zero-order chi connectivity index (χ0) is 47.3. The van der Waals surface area contributed by atoms with Crippen LogP contribution in [0.15, 0.2) is 195 Å². The number of carbonyl (C=O) groups is 8. The molecular formula is C52H32N8O8. The first-order chi connectivity index (χ1) is 33.1. The Balaban J connectivity index is 1.24. The van der Waals surface area contributed by atoms with Gasteiger partial charge >= 0.3 is 0 Å². The minimum Gasteiger partial charge on any atom is -0.268 e. The van der Waals surface area contributed by atoms with Gasteiger partial charge in [-0.05, 0) is 121 Å². The van der Waals surface area contributed by atoms with E-state index >= 15 is 0 Å². The van der Waals surface area contributed by atoms with Gasteiger partial charge in [0.15, 0.2) is 0 Å². The molecule has 8 amide bonds. The number of aromatic nitrogens is 4. The molecule has 0 aliphatic carbocycles. The van der Waals surface area contributed by atoms with Crippen LogP contribution in [-0.2, 0) is 0 Å². The van der Waals surface area contributed by atoms with Crippen molar-refractivity contribution in [2.45, 2.75) is 0 Å². The molecule has 1 aliphatic rings. The number of hydrogen-bond donors (Lipinski definition) is 0. The number of nitrogens with zero attached hydrogens (tertiary/aromatic N) is 8. The van der Waals surface area contributed by atoms with Crippen LogP contribution in [0.25, 0.3) is 0 Å². The smallest absolute Gasteiger partial charge is 0.266 e. The van der Waals surface area contributed by atoms with Crippen LogP contribution < -0.4 is 19.6 Å². The molecule has 0 fully saturated rings. The van der Waals surface area contributed by atoms with Crippen molar-refractivity contribution in [3.8, 4) is 0 Å². The van der Waals surface area contributed by atoms with E-state index in [2.05, 4.69) is 19.9 Å². The highest BCUT2D eigenvalue weighted by atomic mass is 16.2. The first-order valence-corrected chi connectivity index (χ1v) is 20.7. The van der Waals surface area contributed by atoms with Crippen LogP contribution in [0.4, 0.5) is 23.3 Å². The van der Waals surface area contributed by atoms with E-state index in [4.69, 9.17) is 0 Å². The minimum atomic E-state index is -0.923. The Kier molecular flexibility index (Phi) is 11.9. The Labute approximate surface area is 386 Å². The summed E-state index contributed by atoms with van der Waals surface area (Å²) in [5.74, 6) is -7.78. The van der Waals surface area contributed by atoms with E-state index in [9.17, 15) is 38.4 Å². The molecule has 0 unspecified atom stereocenters. The van der Waals surface area contributed by atoms with Crippen LogP contribution in [0.5, 0.6) is 0 Å². The molecule has 9 rings (SSSR count). The standard InChI is InChI=1S/C52H32N8O8/c61-45-33-13-9-15-35(29-33)47(63)58(42-22-2-6-26-54-42)49(65)37-17-11-19-39(31-37)51(67)60(44-24-4-8-28-56-44)52(68)40-20-12-18-38(32-40)50(66)59(43-23-3-7-27-55-43)48(64)36-16-10-14-34(30-36)46(62)57(45)41-21-1-5-25-53-41/h1-32H. The van der Waals surface area contributed by atoms with E-state index in [1.165, 1.54) is 146 Å². The van der Waals surface area contributed by atoms with E-state index in [0.717, 1.165) is 19.6 Å². The predicted molar refractivity (Wildman–Crippen MR) is 247 cm³/mol. The van der Waals surface area contributed by atoms with Crippen LogP contribution in [0.2, 0.25) is 0 Å². The average Bonchev–Trinajstić information content (AvgIpc) is 3.39. The summed E-state index contributed by atoms with van der Waals surface area (Å²) in [7, 11) is 0. The lowest BCUT2D eigenvalue weighted by Crippen LogP contribution is -2.40. The number of rotatable bonds is 4. The van der Waals surface area contributed by atoms with Crippen LogP contribution >= 0.6 is 0 Å². The molecule has 0 spiro atoms. The number of fused-ring (bicyclic) bond motifs is 8. The Morgan fingerprint density at radius 1 is 0.221 bits per heavy atom. The number of benzene rings is 4. The fourth-order valence-electron chi connectivity index (χ4n) is 7.32. The van der Waals surface area contributed by atoms with Gasteiger partial charge in [0, 0.05) is 69.3 Å².